The molecule has 0 heterocycles. The van der Waals surface area contributed by atoms with E-state index in [0.717, 1.165) is 11.1 Å². The highest BCUT2D eigenvalue weighted by atomic mass is 16.2. The summed E-state index contributed by atoms with van der Waals surface area (Å²) >= 11 is 0. The van der Waals surface area contributed by atoms with Crippen molar-refractivity contribution in [1.29, 1.82) is 0 Å². The number of benzene rings is 2. The highest BCUT2D eigenvalue weighted by Crippen LogP contribution is 2.10. The molecule has 0 aliphatic carbocycles. The Morgan fingerprint density at radius 2 is 1.18 bits per heavy atom. The first kappa shape index (κ1) is 30.5. The van der Waals surface area contributed by atoms with Gasteiger partial charge in [-0.05, 0) is 35.8 Å². The summed E-state index contributed by atoms with van der Waals surface area (Å²) in [5.74, 6) is -2.31. The number of carbonyl (C=O) groups excluding carboxylic acids is 4. The van der Waals surface area contributed by atoms with Crippen molar-refractivity contribution in [2.75, 3.05) is 0 Å². The third-order valence-corrected chi connectivity index (χ3v) is 6.16. The van der Waals surface area contributed by atoms with Gasteiger partial charge in [0, 0.05) is 6.42 Å². The Hall–Kier alpha value is -3.72. The van der Waals surface area contributed by atoms with Crippen LogP contribution in [0.3, 0.4) is 0 Å². The summed E-state index contributed by atoms with van der Waals surface area (Å²) in [5, 5.41) is 8.22. The average Bonchev–Trinajstić information content (AvgIpc) is 2.86. The molecule has 0 bridgehead atoms. The number of carbonyl (C=O) groups is 4. The van der Waals surface area contributed by atoms with E-state index < -0.39 is 47.8 Å². The van der Waals surface area contributed by atoms with Gasteiger partial charge in [-0.15, -0.1) is 0 Å². The molecular weight excluding hydrogens is 482 g/mol. The molecule has 2 aromatic carbocycles. The van der Waals surface area contributed by atoms with Gasteiger partial charge in [0.15, 0.2) is 0 Å². The van der Waals surface area contributed by atoms with Gasteiger partial charge in [-0.1, -0.05) is 88.4 Å². The molecule has 4 amide bonds. The fourth-order valence-electron chi connectivity index (χ4n) is 4.07. The van der Waals surface area contributed by atoms with Crippen LogP contribution in [0.5, 0.6) is 0 Å². The number of amides is 4. The first-order valence-electron chi connectivity index (χ1n) is 13.0. The van der Waals surface area contributed by atoms with Crippen LogP contribution >= 0.6 is 0 Å². The number of rotatable bonds is 14. The molecule has 2 rings (SSSR count). The molecule has 38 heavy (non-hydrogen) atoms. The van der Waals surface area contributed by atoms with Crippen LogP contribution in [0.25, 0.3) is 0 Å². The van der Waals surface area contributed by atoms with Crippen molar-refractivity contribution in [1.82, 2.24) is 16.0 Å². The minimum atomic E-state index is -0.969. The maximum atomic E-state index is 13.4. The zero-order chi connectivity index (χ0) is 28.2. The molecule has 4 atom stereocenters. The molecule has 0 aromatic heterocycles. The molecular formula is C29H41N5O4. The van der Waals surface area contributed by atoms with Crippen LogP contribution in [-0.2, 0) is 32.0 Å². The molecule has 9 nitrogen and oxygen atoms in total. The van der Waals surface area contributed by atoms with Crippen LogP contribution in [0, 0.1) is 11.8 Å². The lowest BCUT2D eigenvalue weighted by Gasteiger charge is -2.27. The van der Waals surface area contributed by atoms with Gasteiger partial charge in [-0.25, -0.2) is 0 Å². The average molecular weight is 524 g/mol. The molecule has 0 saturated heterocycles. The monoisotopic (exact) mass is 523 g/mol. The van der Waals surface area contributed by atoms with E-state index >= 15 is 0 Å². The van der Waals surface area contributed by atoms with Gasteiger partial charge in [-0.3, -0.25) is 19.2 Å². The summed E-state index contributed by atoms with van der Waals surface area (Å²) in [6.07, 6.45) is 0.903. The summed E-state index contributed by atoms with van der Waals surface area (Å²) < 4.78 is 0. The minimum Gasteiger partial charge on any atom is -0.368 e. The number of nitrogens with one attached hydrogen (secondary N) is 3. The molecule has 9 heteroatoms. The third-order valence-electron chi connectivity index (χ3n) is 6.16. The molecule has 7 N–H and O–H groups in total. The number of primary amides is 1. The summed E-state index contributed by atoms with van der Waals surface area (Å²) in [6, 6.07) is 15.0. The Kier molecular flexibility index (Phi) is 11.9. The quantitative estimate of drug-likeness (QED) is 0.253. The second kappa shape index (κ2) is 14.9. The lowest BCUT2D eigenvalue weighted by Crippen LogP contribution is -2.59. The van der Waals surface area contributed by atoms with Crippen molar-refractivity contribution < 1.29 is 19.2 Å². The number of hydrogen-bond donors (Lipinski definition) is 5. The van der Waals surface area contributed by atoms with Gasteiger partial charge in [0.1, 0.15) is 18.1 Å². The van der Waals surface area contributed by atoms with E-state index in [2.05, 4.69) is 16.0 Å². The Labute approximate surface area is 225 Å². The van der Waals surface area contributed by atoms with Crippen molar-refractivity contribution in [2.24, 2.45) is 23.3 Å². The Balaban J connectivity index is 2.18. The van der Waals surface area contributed by atoms with E-state index in [0.29, 0.717) is 12.8 Å². The zero-order valence-corrected chi connectivity index (χ0v) is 22.6. The van der Waals surface area contributed by atoms with Gasteiger partial charge in [-0.2, -0.15) is 0 Å². The smallest absolute Gasteiger partial charge is 0.243 e. The lowest BCUT2D eigenvalue weighted by atomic mass is 9.98. The zero-order valence-electron chi connectivity index (χ0n) is 22.6. The molecule has 2 aromatic rings. The van der Waals surface area contributed by atoms with E-state index in [1.807, 2.05) is 74.5 Å². The highest BCUT2D eigenvalue weighted by molar-refractivity contribution is 5.94. The van der Waals surface area contributed by atoms with Gasteiger partial charge < -0.3 is 27.4 Å². The molecule has 206 valence electrons. The lowest BCUT2D eigenvalue weighted by molar-refractivity contribution is -0.134. The van der Waals surface area contributed by atoms with Gasteiger partial charge in [0.2, 0.25) is 23.6 Å². The van der Waals surface area contributed by atoms with Gasteiger partial charge in [0.25, 0.3) is 0 Å². The normalized spacial score (nSPS) is 14.3. The number of nitrogens with two attached hydrogens (primary N) is 2. The van der Waals surface area contributed by atoms with Gasteiger partial charge >= 0.3 is 0 Å². The SMILES string of the molecule is CC(C)C[C@@H](NC(=O)[C@H](NC(=O)[C@@H](Cc1ccccc1)NC(=O)[C@H](N)Cc1ccccc1)C(C)C)C(N)=O. The Bertz CT molecular complexity index is 1060. The van der Waals surface area contributed by atoms with Crippen molar-refractivity contribution in [3.63, 3.8) is 0 Å². The second-order valence-electron chi connectivity index (χ2n) is 10.4. The maximum Gasteiger partial charge on any atom is 0.243 e. The molecule has 0 radical (unpaired) electrons. The second-order valence-corrected chi connectivity index (χ2v) is 10.4. The van der Waals surface area contributed by atoms with Gasteiger partial charge in [0.05, 0.1) is 6.04 Å². The van der Waals surface area contributed by atoms with Crippen LogP contribution in [-0.4, -0.2) is 47.8 Å². The van der Waals surface area contributed by atoms with Crippen molar-refractivity contribution >= 4 is 23.6 Å². The first-order chi connectivity index (χ1) is 18.0. The van der Waals surface area contributed by atoms with E-state index in [9.17, 15) is 19.2 Å². The van der Waals surface area contributed by atoms with Crippen molar-refractivity contribution in [3.8, 4) is 0 Å². The van der Waals surface area contributed by atoms with Crippen LogP contribution in [0.2, 0.25) is 0 Å². The molecule has 0 spiro atoms. The van der Waals surface area contributed by atoms with Crippen LogP contribution in [0.15, 0.2) is 60.7 Å². The molecule has 0 unspecified atom stereocenters. The summed E-state index contributed by atoms with van der Waals surface area (Å²) in [5.41, 5.74) is 13.4. The minimum absolute atomic E-state index is 0.130. The fourth-order valence-corrected chi connectivity index (χ4v) is 4.07. The highest BCUT2D eigenvalue weighted by Gasteiger charge is 2.32. The van der Waals surface area contributed by atoms with E-state index in [4.69, 9.17) is 11.5 Å². The maximum absolute atomic E-state index is 13.4. The third kappa shape index (κ3) is 9.97. The van der Waals surface area contributed by atoms with Crippen molar-refractivity contribution in [3.05, 3.63) is 71.8 Å². The standard InChI is InChI=1S/C29H41N5O4/c1-18(2)15-23(26(31)35)32-29(38)25(19(3)4)34-28(37)24(17-21-13-9-6-10-14-21)33-27(36)22(30)16-20-11-7-5-8-12-20/h5-14,18-19,22-25H,15-17,30H2,1-4H3,(H2,31,35)(H,32,38)(H,33,36)(H,34,37)/t22-,23-,24-,25-/m1/s1. The molecule has 0 aliphatic heterocycles. The van der Waals surface area contributed by atoms with Crippen LogP contribution in [0.1, 0.15) is 45.2 Å². The summed E-state index contributed by atoms with van der Waals surface area (Å²) in [4.78, 5) is 51.4. The van der Waals surface area contributed by atoms with E-state index in [-0.39, 0.29) is 18.3 Å². The first-order valence-corrected chi connectivity index (χ1v) is 13.0. The predicted octanol–water partition coefficient (Wildman–Crippen LogP) is 1.44. The van der Waals surface area contributed by atoms with Crippen molar-refractivity contribution in [2.45, 2.75) is 71.1 Å². The Morgan fingerprint density at radius 1 is 0.684 bits per heavy atom. The predicted molar refractivity (Wildman–Crippen MR) is 148 cm³/mol. The largest absolute Gasteiger partial charge is 0.368 e. The summed E-state index contributed by atoms with van der Waals surface area (Å²) in [7, 11) is 0. The van der Waals surface area contributed by atoms with Crippen LogP contribution in [0.4, 0.5) is 0 Å². The Morgan fingerprint density at radius 3 is 1.66 bits per heavy atom. The molecule has 0 fully saturated rings. The molecule has 0 aliphatic rings. The number of hydrogen-bond acceptors (Lipinski definition) is 5. The van der Waals surface area contributed by atoms with Crippen LogP contribution < -0.4 is 27.4 Å². The summed E-state index contributed by atoms with van der Waals surface area (Å²) in [6.45, 7) is 7.41. The van der Waals surface area contributed by atoms with E-state index in [1.165, 1.54) is 0 Å². The van der Waals surface area contributed by atoms with E-state index in [1.54, 1.807) is 13.8 Å². The molecule has 0 saturated carbocycles. The fraction of sp³-hybridized carbons (Fsp3) is 0.448. The topological polar surface area (TPSA) is 156 Å².